The Labute approximate surface area is 145 Å². The number of rotatable bonds is 4. The van der Waals surface area contributed by atoms with E-state index in [1.807, 2.05) is 30.0 Å². The second kappa shape index (κ2) is 6.55. The van der Waals surface area contributed by atoms with Crippen molar-refractivity contribution < 1.29 is 13.6 Å². The van der Waals surface area contributed by atoms with Gasteiger partial charge in [0, 0.05) is 12.7 Å². The fourth-order valence-corrected chi connectivity index (χ4v) is 3.29. The van der Waals surface area contributed by atoms with E-state index in [0.717, 1.165) is 25.1 Å². The van der Waals surface area contributed by atoms with E-state index < -0.39 is 0 Å². The highest BCUT2D eigenvalue weighted by atomic mass is 16.4. The van der Waals surface area contributed by atoms with E-state index in [2.05, 4.69) is 9.97 Å². The summed E-state index contributed by atoms with van der Waals surface area (Å²) in [4.78, 5) is 23.6. The summed E-state index contributed by atoms with van der Waals surface area (Å²) in [7, 11) is 0. The van der Waals surface area contributed by atoms with Crippen LogP contribution in [0.5, 0.6) is 0 Å². The van der Waals surface area contributed by atoms with Crippen LogP contribution in [0.25, 0.3) is 11.7 Å². The zero-order valence-corrected chi connectivity index (χ0v) is 14.0. The Bertz CT molecular complexity index is 855. The van der Waals surface area contributed by atoms with E-state index in [1.54, 1.807) is 24.6 Å². The lowest BCUT2D eigenvalue weighted by Gasteiger charge is -2.24. The van der Waals surface area contributed by atoms with Gasteiger partial charge in [-0.05, 0) is 44.0 Å². The molecule has 4 rings (SSSR count). The van der Waals surface area contributed by atoms with E-state index in [1.165, 1.54) is 0 Å². The first-order valence-corrected chi connectivity index (χ1v) is 8.43. The number of likely N-dealkylation sites (tertiary alicyclic amines) is 1. The quantitative estimate of drug-likeness (QED) is 0.728. The first kappa shape index (κ1) is 15.6. The molecule has 6 heteroatoms. The zero-order valence-electron chi connectivity index (χ0n) is 14.0. The van der Waals surface area contributed by atoms with Crippen molar-refractivity contribution in [3.63, 3.8) is 0 Å². The van der Waals surface area contributed by atoms with Gasteiger partial charge in [0.15, 0.2) is 5.76 Å². The van der Waals surface area contributed by atoms with Gasteiger partial charge in [0.1, 0.15) is 5.76 Å². The molecule has 1 amide bonds. The highest BCUT2D eigenvalue weighted by Crippen LogP contribution is 2.31. The minimum atomic E-state index is 0.0467. The van der Waals surface area contributed by atoms with Crippen molar-refractivity contribution in [2.24, 2.45) is 0 Å². The standard InChI is InChI=1S/C19H19N3O3/c1-13-15(21-19(25-13)17-8-5-11-24-17)12-18(23)22-10-4-7-16(22)14-6-2-3-9-20-14/h2-3,5-6,8-9,11,16H,4,7,10,12H2,1H3/t16-/m1/s1. The normalized spacial score (nSPS) is 17.2. The van der Waals surface area contributed by atoms with E-state index in [0.29, 0.717) is 23.1 Å². The summed E-state index contributed by atoms with van der Waals surface area (Å²) in [6.07, 6.45) is 5.50. The fraction of sp³-hybridized carbons (Fsp3) is 0.316. The number of pyridine rings is 1. The number of carbonyl (C=O) groups excluding carboxylic acids is 1. The number of carbonyl (C=O) groups is 1. The Balaban J connectivity index is 1.52. The minimum absolute atomic E-state index is 0.0467. The second-order valence-corrected chi connectivity index (χ2v) is 6.18. The summed E-state index contributed by atoms with van der Waals surface area (Å²) in [6, 6.07) is 9.44. The third kappa shape index (κ3) is 3.07. The predicted octanol–water partition coefficient (Wildman–Crippen LogP) is 3.54. The van der Waals surface area contributed by atoms with Crippen LogP contribution in [0.1, 0.15) is 36.0 Å². The molecule has 0 aliphatic carbocycles. The van der Waals surface area contributed by atoms with Crippen molar-refractivity contribution in [1.29, 1.82) is 0 Å². The van der Waals surface area contributed by atoms with Gasteiger partial charge in [0.2, 0.25) is 5.91 Å². The van der Waals surface area contributed by atoms with Crippen molar-refractivity contribution in [3.8, 4) is 11.7 Å². The number of furan rings is 1. The first-order chi connectivity index (χ1) is 12.2. The Kier molecular flexibility index (Phi) is 4.09. The van der Waals surface area contributed by atoms with Gasteiger partial charge in [-0.1, -0.05) is 6.07 Å². The van der Waals surface area contributed by atoms with Crippen molar-refractivity contribution in [2.45, 2.75) is 32.2 Å². The average molecular weight is 337 g/mol. The van der Waals surface area contributed by atoms with Crippen molar-refractivity contribution in [1.82, 2.24) is 14.9 Å². The van der Waals surface area contributed by atoms with Crippen LogP contribution in [0.2, 0.25) is 0 Å². The van der Waals surface area contributed by atoms with Crippen LogP contribution in [-0.4, -0.2) is 27.3 Å². The Morgan fingerprint density at radius 2 is 2.24 bits per heavy atom. The molecule has 1 fully saturated rings. The van der Waals surface area contributed by atoms with E-state index in [-0.39, 0.29) is 18.4 Å². The van der Waals surface area contributed by atoms with Gasteiger partial charge >= 0.3 is 0 Å². The van der Waals surface area contributed by atoms with Crippen molar-refractivity contribution in [3.05, 3.63) is 59.9 Å². The van der Waals surface area contributed by atoms with Gasteiger partial charge in [-0.3, -0.25) is 9.78 Å². The maximum atomic E-state index is 12.8. The first-order valence-electron chi connectivity index (χ1n) is 8.43. The Morgan fingerprint density at radius 1 is 1.32 bits per heavy atom. The van der Waals surface area contributed by atoms with Crippen molar-refractivity contribution in [2.75, 3.05) is 6.54 Å². The summed E-state index contributed by atoms with van der Waals surface area (Å²) in [5, 5.41) is 0. The highest BCUT2D eigenvalue weighted by molar-refractivity contribution is 5.79. The van der Waals surface area contributed by atoms with Crippen molar-refractivity contribution >= 4 is 5.91 Å². The zero-order chi connectivity index (χ0) is 17.2. The lowest BCUT2D eigenvalue weighted by molar-refractivity contribution is -0.131. The van der Waals surface area contributed by atoms with Gasteiger partial charge in [-0.2, -0.15) is 0 Å². The third-order valence-corrected chi connectivity index (χ3v) is 4.55. The highest BCUT2D eigenvalue weighted by Gasteiger charge is 2.31. The number of hydrogen-bond acceptors (Lipinski definition) is 5. The minimum Gasteiger partial charge on any atom is -0.459 e. The monoisotopic (exact) mass is 337 g/mol. The molecule has 1 aliphatic rings. The smallest absolute Gasteiger partial charge is 0.263 e. The molecule has 0 bridgehead atoms. The maximum Gasteiger partial charge on any atom is 0.263 e. The summed E-state index contributed by atoms with van der Waals surface area (Å²) in [6.45, 7) is 2.57. The van der Waals surface area contributed by atoms with Crippen LogP contribution in [0, 0.1) is 6.92 Å². The molecular formula is C19H19N3O3. The molecule has 0 aromatic carbocycles. The molecule has 0 saturated carbocycles. The second-order valence-electron chi connectivity index (χ2n) is 6.18. The van der Waals surface area contributed by atoms with Gasteiger partial charge in [-0.15, -0.1) is 0 Å². The lowest BCUT2D eigenvalue weighted by atomic mass is 10.1. The molecule has 3 aromatic heterocycles. The molecule has 0 spiro atoms. The Hall–Kier alpha value is -2.89. The number of aromatic nitrogens is 2. The van der Waals surface area contributed by atoms with E-state index in [4.69, 9.17) is 8.83 Å². The fourth-order valence-electron chi connectivity index (χ4n) is 3.29. The number of hydrogen-bond donors (Lipinski definition) is 0. The van der Waals surface area contributed by atoms with E-state index in [9.17, 15) is 4.79 Å². The molecule has 4 heterocycles. The molecular weight excluding hydrogens is 318 g/mol. The Morgan fingerprint density at radius 3 is 3.00 bits per heavy atom. The SMILES string of the molecule is Cc1oc(-c2ccco2)nc1CC(=O)N1CCC[C@@H]1c1ccccn1. The third-order valence-electron chi connectivity index (χ3n) is 4.55. The molecule has 128 valence electrons. The van der Waals surface area contributed by atoms with Crippen LogP contribution in [0.4, 0.5) is 0 Å². The molecule has 1 aliphatic heterocycles. The van der Waals surface area contributed by atoms with Crippen LogP contribution >= 0.6 is 0 Å². The molecule has 3 aromatic rings. The average Bonchev–Trinajstić information content (AvgIpc) is 3.37. The number of aryl methyl sites for hydroxylation is 1. The summed E-state index contributed by atoms with van der Waals surface area (Å²) in [5.41, 5.74) is 1.60. The molecule has 6 nitrogen and oxygen atoms in total. The molecule has 25 heavy (non-hydrogen) atoms. The number of amides is 1. The topological polar surface area (TPSA) is 72.4 Å². The van der Waals surface area contributed by atoms with Gasteiger partial charge in [-0.25, -0.2) is 4.98 Å². The van der Waals surface area contributed by atoms with Crippen LogP contribution in [-0.2, 0) is 11.2 Å². The summed E-state index contributed by atoms with van der Waals surface area (Å²) in [5.74, 6) is 1.67. The summed E-state index contributed by atoms with van der Waals surface area (Å²) < 4.78 is 11.0. The molecule has 0 radical (unpaired) electrons. The van der Waals surface area contributed by atoms with Gasteiger partial charge < -0.3 is 13.7 Å². The number of oxazole rings is 1. The molecule has 1 atom stereocenters. The maximum absolute atomic E-state index is 12.8. The van der Waals surface area contributed by atoms with E-state index >= 15 is 0 Å². The van der Waals surface area contributed by atoms with Crippen LogP contribution in [0.3, 0.4) is 0 Å². The largest absolute Gasteiger partial charge is 0.459 e. The lowest BCUT2D eigenvalue weighted by Crippen LogP contribution is -2.32. The molecule has 0 unspecified atom stereocenters. The van der Waals surface area contributed by atoms with Gasteiger partial charge in [0.25, 0.3) is 5.89 Å². The number of nitrogens with zero attached hydrogens (tertiary/aromatic N) is 3. The molecule has 0 N–H and O–H groups in total. The van der Waals surface area contributed by atoms with Crippen LogP contribution in [0.15, 0.2) is 51.6 Å². The van der Waals surface area contributed by atoms with Crippen LogP contribution < -0.4 is 0 Å². The summed E-state index contributed by atoms with van der Waals surface area (Å²) >= 11 is 0. The predicted molar refractivity (Wildman–Crippen MR) is 90.6 cm³/mol. The molecule has 1 saturated heterocycles. The van der Waals surface area contributed by atoms with Gasteiger partial charge in [0.05, 0.1) is 30.1 Å².